The lowest BCUT2D eigenvalue weighted by Crippen LogP contribution is -2.30. The van der Waals surface area contributed by atoms with Crippen LogP contribution in [0.5, 0.6) is 0 Å². The van der Waals surface area contributed by atoms with Gasteiger partial charge in [0.25, 0.3) is 11.8 Å². The lowest BCUT2D eigenvalue weighted by atomic mass is 10.2. The molecule has 7 nitrogen and oxygen atoms in total. The molecule has 0 aliphatic carbocycles. The van der Waals surface area contributed by atoms with Crippen LogP contribution >= 0.6 is 50.4 Å². The first kappa shape index (κ1) is 31.4. The number of thioether (sulfide) groups is 1. The molecule has 1 unspecified atom stereocenters. The number of nitrogens with one attached hydrogen (secondary N) is 3. The summed E-state index contributed by atoms with van der Waals surface area (Å²) in [5, 5.41) is 12.6. The average molecular weight is 704 g/mol. The van der Waals surface area contributed by atoms with Gasteiger partial charge in [-0.05, 0) is 66.4 Å². The first-order valence-corrected chi connectivity index (χ1v) is 17.0. The number of rotatable bonds is 11. The summed E-state index contributed by atoms with van der Waals surface area (Å²) in [6.45, 7) is 1.95. The zero-order chi connectivity index (χ0) is 30.9. The Morgan fingerprint density at radius 2 is 1.73 bits per heavy atom. The summed E-state index contributed by atoms with van der Waals surface area (Å²) in [5.41, 5.74) is 2.88. The van der Waals surface area contributed by atoms with Crippen molar-refractivity contribution < 1.29 is 14.4 Å². The molecule has 2 aromatic heterocycles. The molecular weight excluding hydrogens is 676 g/mol. The van der Waals surface area contributed by atoms with Gasteiger partial charge < -0.3 is 16.0 Å². The van der Waals surface area contributed by atoms with Crippen LogP contribution in [0.4, 0.5) is 10.8 Å². The van der Waals surface area contributed by atoms with E-state index in [1.165, 1.54) is 34.4 Å². The van der Waals surface area contributed by atoms with E-state index in [1.54, 1.807) is 36.4 Å². The van der Waals surface area contributed by atoms with Crippen molar-refractivity contribution in [2.45, 2.75) is 23.5 Å². The molecule has 222 valence electrons. The first-order chi connectivity index (χ1) is 21.4. The van der Waals surface area contributed by atoms with Gasteiger partial charge in [-0.3, -0.25) is 14.4 Å². The van der Waals surface area contributed by atoms with E-state index < -0.39 is 5.91 Å². The normalized spacial score (nSPS) is 11.9. The molecule has 0 radical (unpaired) electrons. The second-order valence-electron chi connectivity index (χ2n) is 9.42. The van der Waals surface area contributed by atoms with Gasteiger partial charge in [0.05, 0.1) is 10.9 Å². The summed E-state index contributed by atoms with van der Waals surface area (Å²) in [6.07, 6.45) is 2.24. The number of amides is 3. The van der Waals surface area contributed by atoms with Gasteiger partial charge in [0, 0.05) is 36.4 Å². The third-order valence-corrected chi connectivity index (χ3v) is 9.73. The highest BCUT2D eigenvalue weighted by atomic mass is 79.9. The summed E-state index contributed by atoms with van der Waals surface area (Å²) < 4.78 is 0.988. The molecular formula is C33H27BrN4O3S3. The highest BCUT2D eigenvalue weighted by Crippen LogP contribution is 2.30. The zero-order valence-corrected chi connectivity index (χ0v) is 27.5. The maximum Gasteiger partial charge on any atom is 0.272 e. The molecule has 5 rings (SSSR count). The second kappa shape index (κ2) is 15.1. The molecule has 5 aromatic rings. The number of carbonyl (C=O) groups is 3. The summed E-state index contributed by atoms with van der Waals surface area (Å²) in [5.74, 6) is -0.984. The Kier molecular flexibility index (Phi) is 10.8. The molecule has 0 spiro atoms. The minimum absolute atomic E-state index is 0.121. The van der Waals surface area contributed by atoms with Gasteiger partial charge in [0.1, 0.15) is 5.70 Å². The Morgan fingerprint density at radius 3 is 2.45 bits per heavy atom. The zero-order valence-electron chi connectivity index (χ0n) is 23.5. The minimum Gasteiger partial charge on any atom is -0.321 e. The summed E-state index contributed by atoms with van der Waals surface area (Å²) in [4.78, 5) is 45.6. The number of thiophene rings is 1. The van der Waals surface area contributed by atoms with Crippen molar-refractivity contribution in [3.63, 3.8) is 0 Å². The van der Waals surface area contributed by atoms with Crippen molar-refractivity contribution in [3.05, 3.63) is 122 Å². The van der Waals surface area contributed by atoms with Crippen LogP contribution in [0.25, 0.3) is 17.3 Å². The molecule has 0 fully saturated rings. The fraction of sp³-hybridized carbons (Fsp3) is 0.0909. The molecule has 11 heteroatoms. The molecule has 0 saturated heterocycles. The summed E-state index contributed by atoms with van der Waals surface area (Å²) in [7, 11) is 0. The van der Waals surface area contributed by atoms with Gasteiger partial charge in [0.2, 0.25) is 5.91 Å². The molecule has 2 heterocycles. The Hall–Kier alpha value is -4.03. The van der Waals surface area contributed by atoms with Crippen LogP contribution < -0.4 is 16.0 Å². The maximum absolute atomic E-state index is 13.4. The quantitative estimate of drug-likeness (QED) is 0.0946. The van der Waals surface area contributed by atoms with Crippen molar-refractivity contribution in [3.8, 4) is 11.3 Å². The number of hydrogen-bond donors (Lipinski definition) is 3. The fourth-order valence-corrected chi connectivity index (χ4v) is 6.72. The second-order valence-corrected chi connectivity index (χ2v) is 13.5. The lowest BCUT2D eigenvalue weighted by Gasteiger charge is -2.15. The van der Waals surface area contributed by atoms with Crippen molar-refractivity contribution >= 4 is 85.0 Å². The SMILES string of the molecule is CCC(Sc1cccc(NC(=O)/C(=C/c2cccs2)NC(=O)c2ccccc2)c1)C(=O)Nc1nc(-c2ccc(Br)cc2)cs1. The van der Waals surface area contributed by atoms with Crippen LogP contribution in [0.2, 0.25) is 0 Å². The third-order valence-electron chi connectivity index (χ3n) is 6.27. The summed E-state index contributed by atoms with van der Waals surface area (Å²) >= 11 is 7.69. The summed E-state index contributed by atoms with van der Waals surface area (Å²) in [6, 6.07) is 27.6. The van der Waals surface area contributed by atoms with E-state index in [2.05, 4.69) is 36.9 Å². The number of aromatic nitrogens is 1. The molecule has 3 amide bonds. The standard InChI is InChI=1S/C33H27BrN4O3S3/c1-2-29(32(41)38-33-37-28(20-43-33)21-13-15-23(34)16-14-21)44-26-11-6-10-24(18-26)35-31(40)27(19-25-12-7-17-42-25)36-30(39)22-8-4-3-5-9-22/h3-20,29H,2H2,1H3,(H,35,40)(H,36,39)(H,37,38,41)/b27-19-. The Labute approximate surface area is 276 Å². The van der Waals surface area contributed by atoms with E-state index in [9.17, 15) is 14.4 Å². The van der Waals surface area contributed by atoms with Gasteiger partial charge in [-0.15, -0.1) is 34.4 Å². The number of carbonyl (C=O) groups excluding carboxylic acids is 3. The van der Waals surface area contributed by atoms with Gasteiger partial charge >= 0.3 is 0 Å². The average Bonchev–Trinajstić information content (AvgIpc) is 3.73. The van der Waals surface area contributed by atoms with E-state index in [-0.39, 0.29) is 22.8 Å². The number of benzene rings is 3. The van der Waals surface area contributed by atoms with E-state index in [4.69, 9.17) is 0 Å². The largest absolute Gasteiger partial charge is 0.321 e. The van der Waals surface area contributed by atoms with E-state index in [0.717, 1.165) is 25.5 Å². The van der Waals surface area contributed by atoms with Gasteiger partial charge in [-0.1, -0.05) is 65.3 Å². The van der Waals surface area contributed by atoms with E-state index in [1.807, 2.05) is 78.3 Å². The van der Waals surface area contributed by atoms with Gasteiger partial charge in [0.15, 0.2) is 5.13 Å². The molecule has 44 heavy (non-hydrogen) atoms. The van der Waals surface area contributed by atoms with Gasteiger partial charge in [-0.2, -0.15) is 0 Å². The minimum atomic E-state index is -0.458. The lowest BCUT2D eigenvalue weighted by molar-refractivity contribution is -0.116. The highest BCUT2D eigenvalue weighted by molar-refractivity contribution is 9.10. The first-order valence-electron chi connectivity index (χ1n) is 13.6. The van der Waals surface area contributed by atoms with Crippen LogP contribution in [0.1, 0.15) is 28.6 Å². The van der Waals surface area contributed by atoms with E-state index in [0.29, 0.717) is 22.8 Å². The fourth-order valence-electron chi connectivity index (χ4n) is 4.06. The smallest absolute Gasteiger partial charge is 0.272 e. The van der Waals surface area contributed by atoms with Crippen molar-refractivity contribution in [2.24, 2.45) is 0 Å². The molecule has 0 saturated carbocycles. The van der Waals surface area contributed by atoms with Crippen LogP contribution in [-0.4, -0.2) is 28.0 Å². The van der Waals surface area contributed by atoms with Crippen LogP contribution in [0.3, 0.4) is 0 Å². The molecule has 0 aliphatic heterocycles. The molecule has 0 bridgehead atoms. The molecule has 0 aliphatic rings. The van der Waals surface area contributed by atoms with Crippen LogP contribution in [0.15, 0.2) is 117 Å². The van der Waals surface area contributed by atoms with Crippen molar-refractivity contribution in [2.75, 3.05) is 10.6 Å². The number of halogens is 1. The monoisotopic (exact) mass is 702 g/mol. The van der Waals surface area contributed by atoms with Crippen molar-refractivity contribution in [1.82, 2.24) is 10.3 Å². The number of thiazole rings is 1. The topological polar surface area (TPSA) is 100 Å². The Morgan fingerprint density at radius 1 is 0.932 bits per heavy atom. The number of anilines is 2. The number of nitrogens with zero attached hydrogens (tertiary/aromatic N) is 1. The Bertz CT molecular complexity index is 1770. The van der Waals surface area contributed by atoms with Crippen LogP contribution in [0, 0.1) is 0 Å². The van der Waals surface area contributed by atoms with Crippen molar-refractivity contribution in [1.29, 1.82) is 0 Å². The maximum atomic E-state index is 13.4. The van der Waals surface area contributed by atoms with E-state index >= 15 is 0 Å². The predicted molar refractivity (Wildman–Crippen MR) is 185 cm³/mol. The number of hydrogen-bond acceptors (Lipinski definition) is 7. The molecule has 1 atom stereocenters. The predicted octanol–water partition coefficient (Wildman–Crippen LogP) is 8.55. The Balaban J connectivity index is 1.25. The highest BCUT2D eigenvalue weighted by Gasteiger charge is 2.20. The molecule has 3 N–H and O–H groups in total. The third kappa shape index (κ3) is 8.54. The van der Waals surface area contributed by atoms with Crippen LogP contribution in [-0.2, 0) is 9.59 Å². The molecule has 3 aromatic carbocycles. The van der Waals surface area contributed by atoms with Gasteiger partial charge in [-0.25, -0.2) is 4.98 Å².